The number of carbonyl (C=O) groups excluding carboxylic acids is 1. The highest BCUT2D eigenvalue weighted by atomic mass is 32.2. The molecular formula is C20H26N2O4S. The Morgan fingerprint density at radius 2 is 1.85 bits per heavy atom. The van der Waals surface area contributed by atoms with Crippen molar-refractivity contribution in [3.05, 3.63) is 53.6 Å². The van der Waals surface area contributed by atoms with E-state index in [0.717, 1.165) is 12.0 Å². The van der Waals surface area contributed by atoms with Crippen molar-refractivity contribution in [3.63, 3.8) is 0 Å². The van der Waals surface area contributed by atoms with E-state index in [-0.39, 0.29) is 4.90 Å². The number of carbonyl (C=O) groups is 1. The molecule has 0 heterocycles. The van der Waals surface area contributed by atoms with Crippen molar-refractivity contribution in [1.82, 2.24) is 4.72 Å². The fraction of sp³-hybridized carbons (Fsp3) is 0.350. The van der Waals surface area contributed by atoms with Crippen LogP contribution >= 0.6 is 0 Å². The van der Waals surface area contributed by atoms with Crippen molar-refractivity contribution >= 4 is 21.6 Å². The summed E-state index contributed by atoms with van der Waals surface area (Å²) in [6.07, 6.45) is 0.766. The smallest absolute Gasteiger partial charge is 0.242 e. The highest BCUT2D eigenvalue weighted by Crippen LogP contribution is 2.22. The summed E-state index contributed by atoms with van der Waals surface area (Å²) >= 11 is 0. The second-order valence-corrected chi connectivity index (χ2v) is 7.92. The summed E-state index contributed by atoms with van der Waals surface area (Å²) in [7, 11) is -3.83. The molecule has 1 amide bonds. The predicted molar refractivity (Wildman–Crippen MR) is 107 cm³/mol. The van der Waals surface area contributed by atoms with Crippen LogP contribution < -0.4 is 14.8 Å². The number of amides is 1. The SMILES string of the molecule is CCOc1ccc(S(=O)(=O)N[C@H](C)C(=O)Nc2ccccc2CC)cc1C. The van der Waals surface area contributed by atoms with Crippen molar-refractivity contribution < 1.29 is 17.9 Å². The van der Waals surface area contributed by atoms with Gasteiger partial charge < -0.3 is 10.1 Å². The molecule has 146 valence electrons. The van der Waals surface area contributed by atoms with Crippen molar-refractivity contribution in [2.75, 3.05) is 11.9 Å². The third-order valence-corrected chi connectivity index (χ3v) is 5.68. The zero-order chi connectivity index (χ0) is 20.0. The standard InChI is InChI=1S/C20H26N2O4S/c1-5-16-9-7-8-10-18(16)21-20(23)15(4)22-27(24,25)17-11-12-19(26-6-2)14(3)13-17/h7-13,15,22H,5-6H2,1-4H3,(H,21,23)/t15-/m1/s1. The van der Waals surface area contributed by atoms with E-state index >= 15 is 0 Å². The molecule has 2 aromatic rings. The quantitative estimate of drug-likeness (QED) is 0.725. The fourth-order valence-corrected chi connectivity index (χ4v) is 3.94. The van der Waals surface area contributed by atoms with Gasteiger partial charge in [0.1, 0.15) is 5.75 Å². The largest absolute Gasteiger partial charge is 0.494 e. The van der Waals surface area contributed by atoms with Crippen molar-refractivity contribution in [2.45, 2.75) is 45.1 Å². The number of nitrogens with one attached hydrogen (secondary N) is 2. The second kappa shape index (κ2) is 9.01. The van der Waals surface area contributed by atoms with Crippen LogP contribution in [-0.4, -0.2) is 27.0 Å². The lowest BCUT2D eigenvalue weighted by atomic mass is 10.1. The molecule has 0 radical (unpaired) electrons. The zero-order valence-corrected chi connectivity index (χ0v) is 16.9. The number of aryl methyl sites for hydroxylation is 2. The number of hydrogen-bond donors (Lipinski definition) is 2. The summed E-state index contributed by atoms with van der Waals surface area (Å²) < 4.78 is 33.1. The van der Waals surface area contributed by atoms with E-state index in [9.17, 15) is 13.2 Å². The van der Waals surface area contributed by atoms with E-state index in [4.69, 9.17) is 4.74 Å². The molecule has 0 saturated heterocycles. The Bertz CT molecular complexity index is 910. The van der Waals surface area contributed by atoms with Gasteiger partial charge in [0.05, 0.1) is 17.5 Å². The van der Waals surface area contributed by atoms with E-state index in [0.29, 0.717) is 23.6 Å². The predicted octanol–water partition coefficient (Wildman–Crippen LogP) is 3.26. The first kappa shape index (κ1) is 20.9. The molecule has 27 heavy (non-hydrogen) atoms. The average Bonchev–Trinajstić information content (AvgIpc) is 2.63. The van der Waals surface area contributed by atoms with E-state index in [1.54, 1.807) is 19.1 Å². The Kier molecular flexibility index (Phi) is 6.98. The Hall–Kier alpha value is -2.38. The second-order valence-electron chi connectivity index (χ2n) is 6.20. The first-order valence-corrected chi connectivity index (χ1v) is 10.4. The van der Waals surface area contributed by atoms with E-state index in [1.165, 1.54) is 19.1 Å². The first-order valence-electron chi connectivity index (χ1n) is 8.93. The van der Waals surface area contributed by atoms with Gasteiger partial charge in [-0.3, -0.25) is 4.79 Å². The van der Waals surface area contributed by atoms with Gasteiger partial charge in [-0.2, -0.15) is 4.72 Å². The molecule has 7 heteroatoms. The summed E-state index contributed by atoms with van der Waals surface area (Å²) in [6, 6.07) is 11.1. The van der Waals surface area contributed by atoms with Crippen LogP contribution in [0, 0.1) is 6.92 Å². The third kappa shape index (κ3) is 5.30. The van der Waals surface area contributed by atoms with Crippen LogP contribution in [0.1, 0.15) is 31.9 Å². The lowest BCUT2D eigenvalue weighted by molar-refractivity contribution is -0.117. The third-order valence-electron chi connectivity index (χ3n) is 4.14. The molecule has 0 aliphatic rings. The molecule has 1 atom stereocenters. The number of benzene rings is 2. The lowest BCUT2D eigenvalue weighted by Gasteiger charge is -2.16. The van der Waals surface area contributed by atoms with Gasteiger partial charge in [-0.25, -0.2) is 8.42 Å². The molecule has 0 aromatic heterocycles. The molecular weight excluding hydrogens is 364 g/mol. The van der Waals surface area contributed by atoms with Gasteiger partial charge in [-0.05, 0) is 62.6 Å². The van der Waals surface area contributed by atoms with E-state index in [2.05, 4.69) is 10.0 Å². The molecule has 0 bridgehead atoms. The van der Waals surface area contributed by atoms with Gasteiger partial charge in [0, 0.05) is 5.69 Å². The van der Waals surface area contributed by atoms with E-state index in [1.807, 2.05) is 32.0 Å². The monoisotopic (exact) mass is 390 g/mol. The van der Waals surface area contributed by atoms with Gasteiger partial charge in [-0.1, -0.05) is 25.1 Å². The minimum absolute atomic E-state index is 0.0945. The van der Waals surface area contributed by atoms with Gasteiger partial charge >= 0.3 is 0 Å². The first-order chi connectivity index (χ1) is 12.8. The summed E-state index contributed by atoms with van der Waals surface area (Å²) in [6.45, 7) is 7.65. The van der Waals surface area contributed by atoms with E-state index < -0.39 is 22.0 Å². The Morgan fingerprint density at radius 3 is 2.48 bits per heavy atom. The highest BCUT2D eigenvalue weighted by molar-refractivity contribution is 7.89. The number of hydrogen-bond acceptors (Lipinski definition) is 4. The normalized spacial score (nSPS) is 12.4. The maximum absolute atomic E-state index is 12.6. The van der Waals surface area contributed by atoms with Crippen LogP contribution in [-0.2, 0) is 21.2 Å². The molecule has 2 aromatic carbocycles. The Labute approximate surface area is 161 Å². The minimum Gasteiger partial charge on any atom is -0.494 e. The molecule has 2 N–H and O–H groups in total. The van der Waals surface area contributed by atoms with Gasteiger partial charge in [0.25, 0.3) is 0 Å². The maximum atomic E-state index is 12.6. The number of sulfonamides is 1. The minimum atomic E-state index is -3.83. The molecule has 0 spiro atoms. The number of rotatable bonds is 8. The molecule has 0 fully saturated rings. The molecule has 0 unspecified atom stereocenters. The fourth-order valence-electron chi connectivity index (χ4n) is 2.65. The number of ether oxygens (including phenoxy) is 1. The maximum Gasteiger partial charge on any atom is 0.242 e. The number of anilines is 1. The van der Waals surface area contributed by atoms with Gasteiger partial charge in [0.2, 0.25) is 15.9 Å². The van der Waals surface area contributed by atoms with Gasteiger partial charge in [0.15, 0.2) is 0 Å². The van der Waals surface area contributed by atoms with Crippen LogP contribution in [0.25, 0.3) is 0 Å². The highest BCUT2D eigenvalue weighted by Gasteiger charge is 2.23. The van der Waals surface area contributed by atoms with Crippen LogP contribution in [0.5, 0.6) is 5.75 Å². The Morgan fingerprint density at radius 1 is 1.15 bits per heavy atom. The molecule has 2 rings (SSSR count). The zero-order valence-electron chi connectivity index (χ0n) is 16.1. The Balaban J connectivity index is 2.12. The van der Waals surface area contributed by atoms with Crippen molar-refractivity contribution in [1.29, 1.82) is 0 Å². The van der Waals surface area contributed by atoms with Crippen LogP contribution in [0.15, 0.2) is 47.4 Å². The van der Waals surface area contributed by atoms with Crippen LogP contribution in [0.4, 0.5) is 5.69 Å². The van der Waals surface area contributed by atoms with Crippen LogP contribution in [0.3, 0.4) is 0 Å². The molecule has 0 aliphatic carbocycles. The summed E-state index contributed by atoms with van der Waals surface area (Å²) in [5.41, 5.74) is 2.39. The van der Waals surface area contributed by atoms with Crippen LogP contribution in [0.2, 0.25) is 0 Å². The summed E-state index contributed by atoms with van der Waals surface area (Å²) in [5.74, 6) is 0.223. The summed E-state index contributed by atoms with van der Waals surface area (Å²) in [4.78, 5) is 12.5. The lowest BCUT2D eigenvalue weighted by Crippen LogP contribution is -2.41. The topological polar surface area (TPSA) is 84.5 Å². The molecule has 0 aliphatic heterocycles. The molecule has 0 saturated carbocycles. The van der Waals surface area contributed by atoms with Crippen molar-refractivity contribution in [3.8, 4) is 5.75 Å². The van der Waals surface area contributed by atoms with Crippen molar-refractivity contribution in [2.24, 2.45) is 0 Å². The summed E-state index contributed by atoms with van der Waals surface area (Å²) in [5, 5.41) is 2.79. The van der Waals surface area contributed by atoms with Gasteiger partial charge in [-0.15, -0.1) is 0 Å². The number of para-hydroxylation sites is 1. The molecule has 6 nitrogen and oxygen atoms in total. The average molecular weight is 391 g/mol.